The first-order valence-electron chi connectivity index (χ1n) is 3.37. The second-order valence-corrected chi connectivity index (χ2v) is 2.57. The van der Waals surface area contributed by atoms with Crippen LogP contribution in [0.3, 0.4) is 0 Å². The molecule has 1 rings (SSSR count). The summed E-state index contributed by atoms with van der Waals surface area (Å²) in [6, 6.07) is 0.229. The summed E-state index contributed by atoms with van der Waals surface area (Å²) in [5.41, 5.74) is 5.58. The SMILES string of the molecule is N[C@@H]1C=C[C@H](CO)CC1. The highest BCUT2D eigenvalue weighted by Crippen LogP contribution is 2.14. The maximum absolute atomic E-state index is 8.69. The fourth-order valence-corrected chi connectivity index (χ4v) is 1.05. The van der Waals surface area contributed by atoms with Crippen molar-refractivity contribution in [1.82, 2.24) is 0 Å². The summed E-state index contributed by atoms with van der Waals surface area (Å²) < 4.78 is 0. The Balaban J connectivity index is 2.38. The van der Waals surface area contributed by atoms with Gasteiger partial charge in [-0.3, -0.25) is 0 Å². The Morgan fingerprint density at radius 3 is 2.67 bits per heavy atom. The molecule has 0 saturated heterocycles. The molecule has 0 saturated carbocycles. The maximum Gasteiger partial charge on any atom is 0.0493 e. The molecule has 2 nitrogen and oxygen atoms in total. The van der Waals surface area contributed by atoms with Gasteiger partial charge in [-0.05, 0) is 12.8 Å². The summed E-state index contributed by atoms with van der Waals surface area (Å²) in [6.07, 6.45) is 6.04. The van der Waals surface area contributed by atoms with Crippen molar-refractivity contribution in [3.05, 3.63) is 12.2 Å². The molecule has 52 valence electrons. The fourth-order valence-electron chi connectivity index (χ4n) is 1.05. The fraction of sp³-hybridized carbons (Fsp3) is 0.714. The summed E-state index contributed by atoms with van der Waals surface area (Å²) in [4.78, 5) is 0. The van der Waals surface area contributed by atoms with Crippen molar-refractivity contribution in [3.8, 4) is 0 Å². The number of aliphatic hydroxyl groups excluding tert-OH is 1. The zero-order valence-corrected chi connectivity index (χ0v) is 5.46. The van der Waals surface area contributed by atoms with Gasteiger partial charge in [-0.15, -0.1) is 0 Å². The van der Waals surface area contributed by atoms with Crippen LogP contribution in [0.5, 0.6) is 0 Å². The largest absolute Gasteiger partial charge is 0.396 e. The van der Waals surface area contributed by atoms with E-state index in [4.69, 9.17) is 10.8 Å². The first-order valence-corrected chi connectivity index (χ1v) is 3.37. The van der Waals surface area contributed by atoms with Gasteiger partial charge in [0.25, 0.3) is 0 Å². The van der Waals surface area contributed by atoms with E-state index >= 15 is 0 Å². The zero-order valence-electron chi connectivity index (χ0n) is 5.46. The third-order valence-corrected chi connectivity index (χ3v) is 1.74. The normalized spacial score (nSPS) is 34.9. The molecule has 0 aromatic heterocycles. The minimum atomic E-state index is 0.229. The molecule has 0 fully saturated rings. The molecule has 0 aromatic rings. The molecular formula is C7H13NO. The monoisotopic (exact) mass is 127 g/mol. The van der Waals surface area contributed by atoms with Gasteiger partial charge in [0.1, 0.15) is 0 Å². The van der Waals surface area contributed by atoms with Crippen LogP contribution >= 0.6 is 0 Å². The minimum absolute atomic E-state index is 0.229. The number of aliphatic hydroxyl groups is 1. The van der Waals surface area contributed by atoms with Crippen molar-refractivity contribution in [2.75, 3.05) is 6.61 Å². The Hall–Kier alpha value is -0.340. The van der Waals surface area contributed by atoms with Crippen LogP contribution < -0.4 is 5.73 Å². The molecule has 1 aliphatic rings. The van der Waals surface area contributed by atoms with E-state index in [1.807, 2.05) is 12.2 Å². The van der Waals surface area contributed by atoms with Crippen LogP contribution in [0.4, 0.5) is 0 Å². The Labute approximate surface area is 55.4 Å². The predicted molar refractivity (Wildman–Crippen MR) is 36.9 cm³/mol. The van der Waals surface area contributed by atoms with Gasteiger partial charge in [-0.2, -0.15) is 0 Å². The van der Waals surface area contributed by atoms with Crippen LogP contribution in [0.25, 0.3) is 0 Å². The third kappa shape index (κ3) is 1.80. The van der Waals surface area contributed by atoms with Gasteiger partial charge in [0, 0.05) is 18.6 Å². The Morgan fingerprint density at radius 2 is 2.22 bits per heavy atom. The van der Waals surface area contributed by atoms with Crippen molar-refractivity contribution in [2.24, 2.45) is 11.7 Å². The van der Waals surface area contributed by atoms with Crippen LogP contribution in [0.1, 0.15) is 12.8 Å². The van der Waals surface area contributed by atoms with Crippen LogP contribution in [0.2, 0.25) is 0 Å². The minimum Gasteiger partial charge on any atom is -0.396 e. The molecule has 2 heteroatoms. The van der Waals surface area contributed by atoms with E-state index < -0.39 is 0 Å². The first-order chi connectivity index (χ1) is 4.33. The molecule has 0 aromatic carbocycles. The molecule has 3 N–H and O–H groups in total. The smallest absolute Gasteiger partial charge is 0.0493 e. The van der Waals surface area contributed by atoms with E-state index in [-0.39, 0.29) is 12.6 Å². The lowest BCUT2D eigenvalue weighted by Crippen LogP contribution is -2.22. The van der Waals surface area contributed by atoms with Gasteiger partial charge in [0.2, 0.25) is 0 Å². The molecule has 9 heavy (non-hydrogen) atoms. The van der Waals surface area contributed by atoms with Gasteiger partial charge in [0.05, 0.1) is 0 Å². The van der Waals surface area contributed by atoms with Crippen molar-refractivity contribution < 1.29 is 5.11 Å². The van der Waals surface area contributed by atoms with Crippen LogP contribution in [-0.4, -0.2) is 17.8 Å². The summed E-state index contributed by atoms with van der Waals surface area (Å²) in [6.45, 7) is 0.267. The molecule has 0 bridgehead atoms. The van der Waals surface area contributed by atoms with E-state index in [1.54, 1.807) is 0 Å². The molecule has 0 radical (unpaired) electrons. The van der Waals surface area contributed by atoms with E-state index in [0.717, 1.165) is 12.8 Å². The van der Waals surface area contributed by atoms with E-state index in [0.29, 0.717) is 5.92 Å². The lowest BCUT2D eigenvalue weighted by Gasteiger charge is -2.17. The van der Waals surface area contributed by atoms with Crippen LogP contribution in [0, 0.1) is 5.92 Å². The van der Waals surface area contributed by atoms with Crippen molar-refractivity contribution >= 4 is 0 Å². The van der Waals surface area contributed by atoms with E-state index in [9.17, 15) is 0 Å². The number of hydrogen-bond acceptors (Lipinski definition) is 2. The van der Waals surface area contributed by atoms with E-state index in [2.05, 4.69) is 0 Å². The average Bonchev–Trinajstić information content (AvgIpc) is 1.90. The summed E-state index contributed by atoms with van der Waals surface area (Å²) >= 11 is 0. The van der Waals surface area contributed by atoms with E-state index in [1.165, 1.54) is 0 Å². The highest BCUT2D eigenvalue weighted by molar-refractivity contribution is 4.99. The first kappa shape index (κ1) is 6.78. The van der Waals surface area contributed by atoms with Gasteiger partial charge in [-0.1, -0.05) is 12.2 Å². The molecule has 0 spiro atoms. The quantitative estimate of drug-likeness (QED) is 0.497. The van der Waals surface area contributed by atoms with Gasteiger partial charge < -0.3 is 10.8 Å². The Kier molecular flexibility index (Phi) is 2.25. The second kappa shape index (κ2) is 2.99. The molecule has 0 aliphatic heterocycles. The third-order valence-electron chi connectivity index (χ3n) is 1.74. The van der Waals surface area contributed by atoms with Gasteiger partial charge in [-0.25, -0.2) is 0 Å². The standard InChI is InChI=1S/C7H13NO/c8-7-3-1-6(5-9)2-4-7/h1,3,6-7,9H,2,4-5,8H2/t6-,7+/m0/s1. The second-order valence-electron chi connectivity index (χ2n) is 2.57. The van der Waals surface area contributed by atoms with Crippen molar-refractivity contribution in [1.29, 1.82) is 0 Å². The lowest BCUT2D eigenvalue weighted by molar-refractivity contribution is 0.239. The zero-order chi connectivity index (χ0) is 6.69. The van der Waals surface area contributed by atoms with Crippen LogP contribution in [0.15, 0.2) is 12.2 Å². The number of nitrogens with two attached hydrogens (primary N) is 1. The maximum atomic E-state index is 8.69. The molecule has 2 atom stereocenters. The van der Waals surface area contributed by atoms with Gasteiger partial charge >= 0.3 is 0 Å². The highest BCUT2D eigenvalue weighted by Gasteiger charge is 2.10. The topological polar surface area (TPSA) is 46.2 Å². The molecule has 1 aliphatic carbocycles. The molecule has 0 unspecified atom stereocenters. The highest BCUT2D eigenvalue weighted by atomic mass is 16.3. The lowest BCUT2D eigenvalue weighted by atomic mass is 9.94. The molecular weight excluding hydrogens is 114 g/mol. The predicted octanol–water partition coefficient (Wildman–Crippen LogP) is 0.272. The van der Waals surface area contributed by atoms with Crippen molar-refractivity contribution in [3.63, 3.8) is 0 Å². The summed E-state index contributed by atoms with van der Waals surface area (Å²) in [7, 11) is 0. The molecule has 0 heterocycles. The Bertz CT molecular complexity index is 111. The van der Waals surface area contributed by atoms with Crippen molar-refractivity contribution in [2.45, 2.75) is 18.9 Å². The number of hydrogen-bond donors (Lipinski definition) is 2. The Morgan fingerprint density at radius 1 is 1.44 bits per heavy atom. The van der Waals surface area contributed by atoms with Crippen LogP contribution in [-0.2, 0) is 0 Å². The summed E-state index contributed by atoms with van der Waals surface area (Å²) in [5.74, 6) is 0.366. The average molecular weight is 127 g/mol. The molecule has 0 amide bonds. The van der Waals surface area contributed by atoms with Gasteiger partial charge in [0.15, 0.2) is 0 Å². The summed E-state index contributed by atoms with van der Waals surface area (Å²) in [5, 5.41) is 8.69. The number of rotatable bonds is 1.